The van der Waals surface area contributed by atoms with E-state index in [0.717, 1.165) is 11.3 Å². The summed E-state index contributed by atoms with van der Waals surface area (Å²) in [7, 11) is 0. The minimum Gasteiger partial charge on any atom is -0.489 e. The number of ether oxygens (including phenoxy) is 2. The van der Waals surface area contributed by atoms with Crippen LogP contribution in [0.15, 0.2) is 36.4 Å². The number of hydrogen-bond donors (Lipinski definition) is 1. The van der Waals surface area contributed by atoms with Crippen LogP contribution in [0.1, 0.15) is 19.4 Å². The Hall–Kier alpha value is -1.87. The first-order valence-electron chi connectivity index (χ1n) is 6.46. The number of rotatable bonds is 4. The van der Waals surface area contributed by atoms with Gasteiger partial charge in [0.25, 0.3) is 0 Å². The molecule has 4 heteroatoms. The first kappa shape index (κ1) is 14.5. The Balaban J connectivity index is 2.25. The molecular weight excluding hydrogens is 274 g/mol. The molecule has 3 nitrogen and oxygen atoms in total. The third-order valence-electron chi connectivity index (χ3n) is 2.71. The molecule has 0 heterocycles. The fourth-order valence-electron chi connectivity index (χ4n) is 1.79. The topological polar surface area (TPSA) is 44.5 Å². The van der Waals surface area contributed by atoms with Gasteiger partial charge in [-0.25, -0.2) is 0 Å². The molecule has 0 atom stereocenters. The number of aryl methyl sites for hydroxylation is 1. The SMILES string of the molecule is Cc1cc(Cl)ccc1Oc1ccc(N)c(OC(C)C)c1. The molecule has 2 N–H and O–H groups in total. The predicted octanol–water partition coefficient (Wildman–Crippen LogP) is 4.81. The van der Waals surface area contributed by atoms with Gasteiger partial charge in [0.2, 0.25) is 0 Å². The summed E-state index contributed by atoms with van der Waals surface area (Å²) in [5, 5.41) is 0.691. The zero-order valence-electron chi connectivity index (χ0n) is 11.8. The van der Waals surface area contributed by atoms with E-state index >= 15 is 0 Å². The van der Waals surface area contributed by atoms with Gasteiger partial charge in [0.1, 0.15) is 17.2 Å². The lowest BCUT2D eigenvalue weighted by molar-refractivity contribution is 0.243. The Labute approximate surface area is 124 Å². The van der Waals surface area contributed by atoms with Crippen molar-refractivity contribution in [2.24, 2.45) is 0 Å². The van der Waals surface area contributed by atoms with E-state index in [1.165, 1.54) is 0 Å². The molecule has 0 bridgehead atoms. The molecule has 0 aromatic heterocycles. The smallest absolute Gasteiger partial charge is 0.146 e. The second-order valence-electron chi connectivity index (χ2n) is 4.88. The Morgan fingerprint density at radius 2 is 1.80 bits per heavy atom. The molecule has 0 saturated carbocycles. The van der Waals surface area contributed by atoms with Gasteiger partial charge < -0.3 is 15.2 Å². The minimum atomic E-state index is 0.0600. The summed E-state index contributed by atoms with van der Waals surface area (Å²) in [6, 6.07) is 10.9. The van der Waals surface area contributed by atoms with Gasteiger partial charge in [0.15, 0.2) is 0 Å². The van der Waals surface area contributed by atoms with Gasteiger partial charge in [0, 0.05) is 11.1 Å². The van der Waals surface area contributed by atoms with Gasteiger partial charge in [-0.2, -0.15) is 0 Å². The highest BCUT2D eigenvalue weighted by Gasteiger charge is 2.07. The summed E-state index contributed by atoms with van der Waals surface area (Å²) in [4.78, 5) is 0. The van der Waals surface area contributed by atoms with Crippen molar-refractivity contribution >= 4 is 17.3 Å². The lowest BCUT2D eigenvalue weighted by Crippen LogP contribution is -2.07. The van der Waals surface area contributed by atoms with E-state index in [4.69, 9.17) is 26.8 Å². The van der Waals surface area contributed by atoms with Crippen molar-refractivity contribution in [3.63, 3.8) is 0 Å². The van der Waals surface area contributed by atoms with Crippen LogP contribution in [-0.4, -0.2) is 6.10 Å². The molecule has 0 aliphatic rings. The Morgan fingerprint density at radius 1 is 1.05 bits per heavy atom. The lowest BCUT2D eigenvalue weighted by atomic mass is 10.2. The zero-order valence-corrected chi connectivity index (χ0v) is 12.6. The molecule has 2 aromatic carbocycles. The van der Waals surface area contributed by atoms with Crippen molar-refractivity contribution in [2.45, 2.75) is 26.9 Å². The molecule has 0 aliphatic heterocycles. The Morgan fingerprint density at radius 3 is 2.45 bits per heavy atom. The lowest BCUT2D eigenvalue weighted by Gasteiger charge is -2.14. The fourth-order valence-corrected chi connectivity index (χ4v) is 2.02. The zero-order chi connectivity index (χ0) is 14.7. The summed E-state index contributed by atoms with van der Waals surface area (Å²) in [6.45, 7) is 5.86. The van der Waals surface area contributed by atoms with Crippen molar-refractivity contribution in [1.29, 1.82) is 0 Å². The van der Waals surface area contributed by atoms with E-state index < -0.39 is 0 Å². The van der Waals surface area contributed by atoms with Crippen LogP contribution in [0, 0.1) is 6.92 Å². The first-order chi connectivity index (χ1) is 9.45. The molecule has 0 aliphatic carbocycles. The Kier molecular flexibility index (Phi) is 4.40. The van der Waals surface area contributed by atoms with E-state index in [1.807, 2.05) is 39.0 Å². The highest BCUT2D eigenvalue weighted by Crippen LogP contribution is 2.32. The van der Waals surface area contributed by atoms with Crippen LogP contribution in [0.4, 0.5) is 5.69 Å². The van der Waals surface area contributed by atoms with Gasteiger partial charge in [-0.3, -0.25) is 0 Å². The number of benzene rings is 2. The average Bonchev–Trinajstić information content (AvgIpc) is 2.36. The Bertz CT molecular complexity index is 611. The van der Waals surface area contributed by atoms with Gasteiger partial charge in [-0.1, -0.05) is 11.6 Å². The molecule has 0 radical (unpaired) electrons. The predicted molar refractivity (Wildman–Crippen MR) is 82.9 cm³/mol. The van der Waals surface area contributed by atoms with Crippen molar-refractivity contribution in [1.82, 2.24) is 0 Å². The van der Waals surface area contributed by atoms with Gasteiger partial charge >= 0.3 is 0 Å². The molecule has 0 fully saturated rings. The molecule has 2 aromatic rings. The monoisotopic (exact) mass is 291 g/mol. The standard InChI is InChI=1S/C16H18ClNO2/c1-10(2)19-16-9-13(5-6-14(16)18)20-15-7-4-12(17)8-11(15)3/h4-10H,18H2,1-3H3. The molecule has 2 rings (SSSR count). The number of anilines is 1. The number of halogens is 1. The molecule has 0 unspecified atom stereocenters. The fraction of sp³-hybridized carbons (Fsp3) is 0.250. The van der Waals surface area contributed by atoms with Crippen LogP contribution in [-0.2, 0) is 0 Å². The van der Waals surface area contributed by atoms with Gasteiger partial charge in [-0.05, 0) is 56.7 Å². The number of hydrogen-bond acceptors (Lipinski definition) is 3. The van der Waals surface area contributed by atoms with Gasteiger partial charge in [-0.15, -0.1) is 0 Å². The quantitative estimate of drug-likeness (QED) is 0.822. The number of nitrogens with two attached hydrogens (primary N) is 1. The summed E-state index contributed by atoms with van der Waals surface area (Å²) < 4.78 is 11.5. The largest absolute Gasteiger partial charge is 0.489 e. The van der Waals surface area contributed by atoms with Crippen molar-refractivity contribution in [3.8, 4) is 17.2 Å². The number of nitrogen functional groups attached to an aromatic ring is 1. The normalized spacial score (nSPS) is 10.7. The van der Waals surface area contributed by atoms with E-state index in [2.05, 4.69) is 0 Å². The van der Waals surface area contributed by atoms with Crippen LogP contribution >= 0.6 is 11.6 Å². The second-order valence-corrected chi connectivity index (χ2v) is 5.31. The van der Waals surface area contributed by atoms with E-state index in [1.54, 1.807) is 18.2 Å². The van der Waals surface area contributed by atoms with E-state index in [9.17, 15) is 0 Å². The van der Waals surface area contributed by atoms with Crippen molar-refractivity contribution in [2.75, 3.05) is 5.73 Å². The molecule has 106 valence electrons. The van der Waals surface area contributed by atoms with Crippen LogP contribution in [0.2, 0.25) is 5.02 Å². The highest BCUT2D eigenvalue weighted by atomic mass is 35.5. The summed E-state index contributed by atoms with van der Waals surface area (Å²) in [6.07, 6.45) is 0.0600. The molecule has 20 heavy (non-hydrogen) atoms. The maximum atomic E-state index is 5.93. The molecular formula is C16H18ClNO2. The van der Waals surface area contributed by atoms with Crippen LogP contribution in [0.5, 0.6) is 17.2 Å². The van der Waals surface area contributed by atoms with Crippen LogP contribution in [0.25, 0.3) is 0 Å². The molecule has 0 amide bonds. The van der Waals surface area contributed by atoms with E-state index in [-0.39, 0.29) is 6.10 Å². The summed E-state index contributed by atoms with van der Waals surface area (Å²) in [5.41, 5.74) is 7.45. The van der Waals surface area contributed by atoms with Crippen LogP contribution in [0.3, 0.4) is 0 Å². The second kappa shape index (κ2) is 6.06. The van der Waals surface area contributed by atoms with Crippen LogP contribution < -0.4 is 15.2 Å². The van der Waals surface area contributed by atoms with E-state index in [0.29, 0.717) is 22.2 Å². The molecule has 0 spiro atoms. The first-order valence-corrected chi connectivity index (χ1v) is 6.83. The third-order valence-corrected chi connectivity index (χ3v) is 2.95. The molecule has 0 saturated heterocycles. The maximum absolute atomic E-state index is 5.93. The van der Waals surface area contributed by atoms with Crippen molar-refractivity contribution in [3.05, 3.63) is 47.0 Å². The third kappa shape index (κ3) is 3.58. The minimum absolute atomic E-state index is 0.0600. The summed E-state index contributed by atoms with van der Waals surface area (Å²) >= 11 is 5.93. The van der Waals surface area contributed by atoms with Gasteiger partial charge in [0.05, 0.1) is 11.8 Å². The maximum Gasteiger partial charge on any atom is 0.146 e. The average molecular weight is 292 g/mol. The summed E-state index contributed by atoms with van der Waals surface area (Å²) in [5.74, 6) is 2.07. The highest BCUT2D eigenvalue weighted by molar-refractivity contribution is 6.30. The van der Waals surface area contributed by atoms with Crippen molar-refractivity contribution < 1.29 is 9.47 Å².